The molecule has 1 aromatic carbocycles. The van der Waals surface area contributed by atoms with Gasteiger partial charge in [-0.05, 0) is 56.2 Å². The summed E-state index contributed by atoms with van der Waals surface area (Å²) in [5.74, 6) is 0.0939. The SMILES string of the molecule is COC(=O)CCCCc1ccc(C(=O)CCCCc2ccccc2)s1. The van der Waals surface area contributed by atoms with E-state index in [0.717, 1.165) is 43.4 Å². The van der Waals surface area contributed by atoms with Gasteiger partial charge >= 0.3 is 5.97 Å². The summed E-state index contributed by atoms with van der Waals surface area (Å²) in [6.45, 7) is 0. The molecule has 0 unspecified atom stereocenters. The van der Waals surface area contributed by atoms with E-state index in [1.54, 1.807) is 11.3 Å². The number of hydrogen-bond donors (Lipinski definition) is 0. The van der Waals surface area contributed by atoms with E-state index < -0.39 is 0 Å². The van der Waals surface area contributed by atoms with Crippen molar-refractivity contribution in [2.75, 3.05) is 7.11 Å². The van der Waals surface area contributed by atoms with Crippen molar-refractivity contribution in [1.82, 2.24) is 0 Å². The van der Waals surface area contributed by atoms with E-state index in [4.69, 9.17) is 0 Å². The number of Topliss-reactive ketones (excluding diaryl/α,β-unsaturated/α-hetero) is 1. The lowest BCUT2D eigenvalue weighted by atomic mass is 10.1. The quantitative estimate of drug-likeness (QED) is 0.314. The third-order valence-corrected chi connectivity index (χ3v) is 5.37. The van der Waals surface area contributed by atoms with Gasteiger partial charge in [-0.15, -0.1) is 11.3 Å². The minimum absolute atomic E-state index is 0.155. The zero-order valence-corrected chi connectivity index (χ0v) is 15.6. The van der Waals surface area contributed by atoms with Crippen molar-refractivity contribution in [3.63, 3.8) is 0 Å². The molecule has 134 valence electrons. The second-order valence-electron chi connectivity index (χ2n) is 6.17. The molecule has 4 heteroatoms. The van der Waals surface area contributed by atoms with Crippen LogP contribution in [0.1, 0.15) is 58.6 Å². The molecule has 0 fully saturated rings. The first-order chi connectivity index (χ1) is 12.2. The highest BCUT2D eigenvalue weighted by atomic mass is 32.1. The first-order valence-corrected chi connectivity index (χ1v) is 9.73. The number of esters is 1. The summed E-state index contributed by atoms with van der Waals surface area (Å²) >= 11 is 1.59. The molecule has 3 nitrogen and oxygen atoms in total. The van der Waals surface area contributed by atoms with Crippen LogP contribution in [0.25, 0.3) is 0 Å². The second kappa shape index (κ2) is 10.8. The Morgan fingerprint density at radius 1 is 0.880 bits per heavy atom. The maximum absolute atomic E-state index is 12.3. The summed E-state index contributed by atoms with van der Waals surface area (Å²) in [6, 6.07) is 14.4. The number of carbonyl (C=O) groups is 2. The number of carbonyl (C=O) groups excluding carboxylic acids is 2. The Hall–Kier alpha value is -1.94. The Bertz CT molecular complexity index is 661. The van der Waals surface area contributed by atoms with E-state index in [2.05, 4.69) is 29.0 Å². The molecule has 0 N–H and O–H groups in total. The number of hydrogen-bond acceptors (Lipinski definition) is 4. The molecule has 0 atom stereocenters. The summed E-state index contributed by atoms with van der Waals surface area (Å²) in [4.78, 5) is 25.4. The van der Waals surface area contributed by atoms with Gasteiger partial charge in [0, 0.05) is 17.7 Å². The van der Waals surface area contributed by atoms with Crippen LogP contribution >= 0.6 is 11.3 Å². The number of methoxy groups -OCH3 is 1. The maximum atomic E-state index is 12.3. The fourth-order valence-corrected chi connectivity index (χ4v) is 3.73. The predicted octanol–water partition coefficient (Wildman–Crippen LogP) is 5.23. The van der Waals surface area contributed by atoms with Gasteiger partial charge in [0.05, 0.1) is 12.0 Å². The number of benzene rings is 1. The van der Waals surface area contributed by atoms with Crippen LogP contribution in [-0.2, 0) is 22.4 Å². The molecular weight excluding hydrogens is 332 g/mol. The highest BCUT2D eigenvalue weighted by Crippen LogP contribution is 2.21. The number of aryl methyl sites for hydroxylation is 2. The normalized spacial score (nSPS) is 10.6. The standard InChI is InChI=1S/C21H26O3S/c1-24-21(23)14-8-6-12-18-15-16-20(25-18)19(22)13-7-5-11-17-9-3-2-4-10-17/h2-4,9-10,15-16H,5-8,11-14H2,1H3. The van der Waals surface area contributed by atoms with Gasteiger partial charge in [-0.1, -0.05) is 30.3 Å². The van der Waals surface area contributed by atoms with Gasteiger partial charge in [0.2, 0.25) is 0 Å². The number of thiophene rings is 1. The van der Waals surface area contributed by atoms with Crippen LogP contribution in [0.15, 0.2) is 42.5 Å². The number of ether oxygens (including phenoxy) is 1. The number of ketones is 1. The molecule has 0 aliphatic rings. The molecule has 0 saturated heterocycles. The Morgan fingerprint density at radius 3 is 2.36 bits per heavy atom. The summed E-state index contributed by atoms with van der Waals surface area (Å²) in [5.41, 5.74) is 1.33. The smallest absolute Gasteiger partial charge is 0.305 e. The summed E-state index contributed by atoms with van der Waals surface area (Å²) in [6.07, 6.45) is 6.78. The van der Waals surface area contributed by atoms with Gasteiger partial charge in [-0.2, -0.15) is 0 Å². The molecule has 0 spiro atoms. The fraction of sp³-hybridized carbons (Fsp3) is 0.429. The highest BCUT2D eigenvalue weighted by molar-refractivity contribution is 7.14. The van der Waals surface area contributed by atoms with E-state index in [1.807, 2.05) is 18.2 Å². The molecule has 0 aliphatic heterocycles. The van der Waals surface area contributed by atoms with Crippen LogP contribution in [0.2, 0.25) is 0 Å². The first-order valence-electron chi connectivity index (χ1n) is 8.91. The highest BCUT2D eigenvalue weighted by Gasteiger charge is 2.09. The monoisotopic (exact) mass is 358 g/mol. The van der Waals surface area contributed by atoms with E-state index in [9.17, 15) is 9.59 Å². The molecule has 0 amide bonds. The number of rotatable bonds is 11. The lowest BCUT2D eigenvalue weighted by Crippen LogP contribution is -1.99. The average Bonchev–Trinajstić information content (AvgIpc) is 3.12. The Labute approximate surface area is 154 Å². The van der Waals surface area contributed by atoms with Crippen molar-refractivity contribution in [3.8, 4) is 0 Å². The second-order valence-corrected chi connectivity index (χ2v) is 7.33. The van der Waals surface area contributed by atoms with E-state index in [-0.39, 0.29) is 11.8 Å². The van der Waals surface area contributed by atoms with Crippen molar-refractivity contribution >= 4 is 23.1 Å². The minimum atomic E-state index is -0.155. The first kappa shape index (κ1) is 19.4. The third kappa shape index (κ3) is 7.22. The van der Waals surface area contributed by atoms with Crippen LogP contribution in [0.4, 0.5) is 0 Å². The summed E-state index contributed by atoms with van der Waals surface area (Å²) in [5, 5.41) is 0. The Balaban J connectivity index is 1.65. The lowest BCUT2D eigenvalue weighted by molar-refractivity contribution is -0.140. The van der Waals surface area contributed by atoms with Crippen LogP contribution < -0.4 is 0 Å². The van der Waals surface area contributed by atoms with Crippen LogP contribution in [0.3, 0.4) is 0 Å². The van der Waals surface area contributed by atoms with E-state index in [1.165, 1.54) is 17.6 Å². The summed E-state index contributed by atoms with van der Waals surface area (Å²) in [7, 11) is 1.42. The third-order valence-electron chi connectivity index (χ3n) is 4.18. The Kier molecular flexibility index (Phi) is 8.40. The van der Waals surface area contributed by atoms with Gasteiger partial charge in [-0.25, -0.2) is 0 Å². The predicted molar refractivity (Wildman–Crippen MR) is 102 cm³/mol. The largest absolute Gasteiger partial charge is 0.469 e. The zero-order valence-electron chi connectivity index (χ0n) is 14.8. The van der Waals surface area contributed by atoms with Gasteiger partial charge < -0.3 is 4.74 Å². The van der Waals surface area contributed by atoms with Crippen LogP contribution in [0.5, 0.6) is 0 Å². The minimum Gasteiger partial charge on any atom is -0.469 e. The van der Waals surface area contributed by atoms with Crippen molar-refractivity contribution in [3.05, 3.63) is 57.8 Å². The number of unbranched alkanes of at least 4 members (excludes halogenated alkanes) is 2. The van der Waals surface area contributed by atoms with Crippen LogP contribution in [-0.4, -0.2) is 18.9 Å². The summed E-state index contributed by atoms with van der Waals surface area (Å²) < 4.78 is 4.63. The van der Waals surface area contributed by atoms with Crippen molar-refractivity contribution in [2.45, 2.75) is 51.4 Å². The van der Waals surface area contributed by atoms with Crippen LogP contribution in [0, 0.1) is 0 Å². The molecule has 0 saturated carbocycles. The molecule has 2 aromatic rings. The maximum Gasteiger partial charge on any atom is 0.305 e. The molecule has 2 rings (SSSR count). The van der Waals surface area contributed by atoms with Crippen molar-refractivity contribution in [1.29, 1.82) is 0 Å². The zero-order chi connectivity index (χ0) is 17.9. The Morgan fingerprint density at radius 2 is 1.60 bits per heavy atom. The molecule has 1 heterocycles. The fourth-order valence-electron chi connectivity index (χ4n) is 2.72. The molecule has 0 aliphatic carbocycles. The van der Waals surface area contributed by atoms with Gasteiger partial charge in [0.25, 0.3) is 0 Å². The molecule has 25 heavy (non-hydrogen) atoms. The van der Waals surface area contributed by atoms with Crippen molar-refractivity contribution in [2.24, 2.45) is 0 Å². The lowest BCUT2D eigenvalue weighted by Gasteiger charge is -2.01. The van der Waals surface area contributed by atoms with Gasteiger partial charge in [0.15, 0.2) is 5.78 Å². The van der Waals surface area contributed by atoms with E-state index in [0.29, 0.717) is 12.8 Å². The molecule has 0 bridgehead atoms. The van der Waals surface area contributed by atoms with E-state index >= 15 is 0 Å². The molecule has 0 radical (unpaired) electrons. The van der Waals surface area contributed by atoms with Gasteiger partial charge in [0.1, 0.15) is 0 Å². The average molecular weight is 359 g/mol. The van der Waals surface area contributed by atoms with Crippen molar-refractivity contribution < 1.29 is 14.3 Å². The topological polar surface area (TPSA) is 43.4 Å². The molecular formula is C21H26O3S. The van der Waals surface area contributed by atoms with Gasteiger partial charge in [-0.3, -0.25) is 9.59 Å². The molecule has 1 aromatic heterocycles.